The Morgan fingerprint density at radius 2 is 1.73 bits per heavy atom. The molecule has 22 heavy (non-hydrogen) atoms. The van der Waals surface area contributed by atoms with Gasteiger partial charge in [0.15, 0.2) is 0 Å². The van der Waals surface area contributed by atoms with Crippen molar-refractivity contribution < 1.29 is 14.7 Å². The van der Waals surface area contributed by atoms with Gasteiger partial charge in [-0.3, -0.25) is 9.59 Å². The van der Waals surface area contributed by atoms with Gasteiger partial charge in [0, 0.05) is 0 Å². The van der Waals surface area contributed by atoms with E-state index in [2.05, 4.69) is 11.4 Å². The van der Waals surface area contributed by atoms with E-state index in [-0.39, 0.29) is 17.7 Å². The normalized spacial score (nSPS) is 37.5. The van der Waals surface area contributed by atoms with Crippen LogP contribution in [-0.4, -0.2) is 17.0 Å². The van der Waals surface area contributed by atoms with Gasteiger partial charge in [0.1, 0.15) is 0 Å². The lowest BCUT2D eigenvalue weighted by Gasteiger charge is -2.41. The number of fused-ring (bicyclic) bond motifs is 1. The first-order valence-electron chi connectivity index (χ1n) is 7.54. The fourth-order valence-electron chi connectivity index (χ4n) is 4.35. The molecular weight excluding hydrogens is 302 g/mol. The Kier molecular flexibility index (Phi) is 3.05. The molecule has 114 valence electrons. The van der Waals surface area contributed by atoms with Crippen molar-refractivity contribution in [1.29, 1.82) is 0 Å². The smallest absolute Gasteiger partial charge is 0.307 e. The molecule has 1 amide bonds. The number of carbonyl (C=O) groups excluding carboxylic acids is 1. The summed E-state index contributed by atoms with van der Waals surface area (Å²) in [7, 11) is 0. The Morgan fingerprint density at radius 1 is 1.09 bits per heavy atom. The van der Waals surface area contributed by atoms with E-state index in [4.69, 9.17) is 11.6 Å². The highest BCUT2D eigenvalue weighted by molar-refractivity contribution is 6.33. The average molecular weight is 318 g/mol. The number of amides is 1. The van der Waals surface area contributed by atoms with Crippen LogP contribution in [0.3, 0.4) is 0 Å². The molecule has 2 N–H and O–H groups in total. The molecule has 2 fully saturated rings. The first-order valence-corrected chi connectivity index (χ1v) is 7.92. The minimum absolute atomic E-state index is 0.00510. The molecule has 5 heteroatoms. The Labute approximate surface area is 133 Å². The molecule has 0 aliphatic heterocycles. The summed E-state index contributed by atoms with van der Waals surface area (Å²) in [6.45, 7) is 0. The van der Waals surface area contributed by atoms with E-state index in [1.165, 1.54) is 0 Å². The predicted octanol–water partition coefficient (Wildman–Crippen LogP) is 3.05. The molecule has 0 spiro atoms. The van der Waals surface area contributed by atoms with Crippen LogP contribution in [0.1, 0.15) is 6.42 Å². The van der Waals surface area contributed by atoms with Crippen molar-refractivity contribution in [1.82, 2.24) is 0 Å². The Hall–Kier alpha value is -1.81. The first kappa shape index (κ1) is 13.8. The number of carbonyl (C=O) groups is 2. The van der Waals surface area contributed by atoms with Crippen LogP contribution in [0.15, 0.2) is 36.4 Å². The minimum atomic E-state index is -0.871. The lowest BCUT2D eigenvalue weighted by atomic mass is 9.62. The van der Waals surface area contributed by atoms with Crippen molar-refractivity contribution in [2.45, 2.75) is 6.42 Å². The lowest BCUT2D eigenvalue weighted by Crippen LogP contribution is -2.48. The highest BCUT2D eigenvalue weighted by Gasteiger charge is 2.62. The third-order valence-electron chi connectivity index (χ3n) is 5.37. The van der Waals surface area contributed by atoms with Crippen LogP contribution in [0, 0.1) is 35.5 Å². The molecule has 5 rings (SSSR count). The second-order valence-electron chi connectivity index (χ2n) is 6.46. The van der Waals surface area contributed by atoms with Gasteiger partial charge in [-0.05, 0) is 42.2 Å². The number of para-hydroxylation sites is 1. The maximum absolute atomic E-state index is 12.7. The fraction of sp³-hybridized carbons (Fsp3) is 0.412. The molecule has 6 atom stereocenters. The van der Waals surface area contributed by atoms with Crippen molar-refractivity contribution in [2.24, 2.45) is 35.5 Å². The molecule has 0 saturated heterocycles. The van der Waals surface area contributed by atoms with Crippen LogP contribution >= 0.6 is 11.6 Å². The summed E-state index contributed by atoms with van der Waals surface area (Å²) in [6, 6.07) is 7.01. The molecule has 0 unspecified atom stereocenters. The first-order chi connectivity index (χ1) is 10.6. The van der Waals surface area contributed by atoms with Gasteiger partial charge in [-0.25, -0.2) is 0 Å². The molecule has 1 aromatic carbocycles. The van der Waals surface area contributed by atoms with E-state index < -0.39 is 17.8 Å². The van der Waals surface area contributed by atoms with E-state index in [0.717, 1.165) is 6.42 Å². The fourth-order valence-corrected chi connectivity index (χ4v) is 4.53. The summed E-state index contributed by atoms with van der Waals surface area (Å²) in [5.41, 5.74) is 0.538. The van der Waals surface area contributed by atoms with Crippen molar-refractivity contribution in [3.05, 3.63) is 41.4 Å². The Balaban J connectivity index is 1.63. The molecule has 1 aromatic rings. The van der Waals surface area contributed by atoms with Crippen LogP contribution in [-0.2, 0) is 9.59 Å². The van der Waals surface area contributed by atoms with Gasteiger partial charge in [0.05, 0.1) is 22.5 Å². The maximum Gasteiger partial charge on any atom is 0.307 e. The number of aliphatic carboxylic acids is 1. The van der Waals surface area contributed by atoms with E-state index in [9.17, 15) is 14.7 Å². The Bertz CT molecular complexity index is 686. The van der Waals surface area contributed by atoms with E-state index in [1.54, 1.807) is 24.3 Å². The molecule has 4 aliphatic carbocycles. The van der Waals surface area contributed by atoms with Crippen LogP contribution in [0.5, 0.6) is 0 Å². The van der Waals surface area contributed by atoms with E-state index in [0.29, 0.717) is 22.5 Å². The number of halogens is 1. The third-order valence-corrected chi connectivity index (χ3v) is 5.70. The van der Waals surface area contributed by atoms with Crippen LogP contribution in [0.2, 0.25) is 5.02 Å². The molecule has 2 bridgehead atoms. The summed E-state index contributed by atoms with van der Waals surface area (Å²) in [6.07, 6.45) is 5.11. The van der Waals surface area contributed by atoms with E-state index in [1.807, 2.05) is 6.08 Å². The molecule has 4 nitrogen and oxygen atoms in total. The summed E-state index contributed by atoms with van der Waals surface area (Å²) in [5, 5.41) is 12.9. The summed E-state index contributed by atoms with van der Waals surface area (Å²) >= 11 is 6.08. The largest absolute Gasteiger partial charge is 0.481 e. The molecular formula is C17H16ClNO3. The second kappa shape index (κ2) is 4.85. The van der Waals surface area contributed by atoms with Crippen LogP contribution in [0.25, 0.3) is 0 Å². The molecule has 0 heterocycles. The van der Waals surface area contributed by atoms with Crippen molar-refractivity contribution in [3.63, 3.8) is 0 Å². The molecule has 0 aromatic heterocycles. The van der Waals surface area contributed by atoms with Gasteiger partial charge in [0.25, 0.3) is 0 Å². The van der Waals surface area contributed by atoms with Gasteiger partial charge in [-0.2, -0.15) is 0 Å². The van der Waals surface area contributed by atoms with Gasteiger partial charge in [-0.15, -0.1) is 0 Å². The number of carboxylic acid groups (broad SMARTS) is 1. The van der Waals surface area contributed by atoms with Crippen LogP contribution in [0.4, 0.5) is 5.69 Å². The standard InChI is InChI=1S/C17H16ClNO3/c18-12-3-1-2-4-13(12)19-16(20)14-8-5-6-9(11-7-10(8)11)15(14)17(21)22/h1-6,8-11,14-15H,7H2,(H,19,20)(H,21,22)/t8-,9+,10-,11+,14-,15-/m0/s1. The summed E-state index contributed by atoms with van der Waals surface area (Å²) in [5.74, 6) is -1.26. The van der Waals surface area contributed by atoms with Gasteiger partial charge in [0.2, 0.25) is 5.91 Å². The zero-order valence-electron chi connectivity index (χ0n) is 11.8. The number of rotatable bonds is 3. The highest BCUT2D eigenvalue weighted by Crippen LogP contribution is 2.63. The molecule has 2 saturated carbocycles. The van der Waals surface area contributed by atoms with Crippen molar-refractivity contribution >= 4 is 29.2 Å². The molecule has 0 radical (unpaired) electrons. The zero-order chi connectivity index (χ0) is 15.4. The summed E-state index contributed by atoms with van der Waals surface area (Å²) in [4.78, 5) is 24.4. The maximum atomic E-state index is 12.7. The number of hydrogen-bond donors (Lipinski definition) is 2. The second-order valence-corrected chi connectivity index (χ2v) is 6.87. The number of allylic oxidation sites excluding steroid dienone is 2. The predicted molar refractivity (Wildman–Crippen MR) is 82.4 cm³/mol. The third kappa shape index (κ3) is 1.97. The van der Waals surface area contributed by atoms with Crippen molar-refractivity contribution in [2.75, 3.05) is 5.32 Å². The highest BCUT2D eigenvalue weighted by atomic mass is 35.5. The minimum Gasteiger partial charge on any atom is -0.481 e. The van der Waals surface area contributed by atoms with Gasteiger partial charge < -0.3 is 10.4 Å². The van der Waals surface area contributed by atoms with Crippen LogP contribution < -0.4 is 5.32 Å². The number of carboxylic acids is 1. The SMILES string of the molecule is O=C(O)[C@H]1[C@@H]2C=C[C@@H]([C@@H]3C[C@H]23)[C@@H]1C(=O)Nc1ccccc1Cl. The quantitative estimate of drug-likeness (QED) is 0.842. The monoisotopic (exact) mass is 317 g/mol. The zero-order valence-corrected chi connectivity index (χ0v) is 12.5. The van der Waals surface area contributed by atoms with E-state index >= 15 is 0 Å². The number of nitrogens with one attached hydrogen (secondary N) is 1. The average Bonchev–Trinajstić information content (AvgIpc) is 3.30. The summed E-state index contributed by atoms with van der Waals surface area (Å²) < 4.78 is 0. The van der Waals surface area contributed by atoms with Crippen molar-refractivity contribution in [3.8, 4) is 0 Å². The number of hydrogen-bond acceptors (Lipinski definition) is 2. The molecule has 4 aliphatic rings. The Morgan fingerprint density at radius 3 is 2.36 bits per heavy atom. The topological polar surface area (TPSA) is 66.4 Å². The van der Waals surface area contributed by atoms with Gasteiger partial charge in [-0.1, -0.05) is 35.9 Å². The van der Waals surface area contributed by atoms with Gasteiger partial charge >= 0.3 is 5.97 Å². The number of benzene rings is 1. The number of anilines is 1. The lowest BCUT2D eigenvalue weighted by molar-refractivity contribution is -0.152.